The van der Waals surface area contributed by atoms with E-state index < -0.39 is 0 Å². The molecule has 0 spiro atoms. The van der Waals surface area contributed by atoms with E-state index in [1.54, 1.807) is 12.1 Å². The molecule has 0 aliphatic carbocycles. The van der Waals surface area contributed by atoms with E-state index >= 15 is 0 Å². The van der Waals surface area contributed by atoms with Crippen molar-refractivity contribution >= 4 is 12.4 Å². The molecule has 0 bridgehead atoms. The number of halogens is 2. The van der Waals surface area contributed by atoms with Gasteiger partial charge in [0.15, 0.2) is 12.4 Å². The number of benzene rings is 1. The first kappa shape index (κ1) is 15.7. The van der Waals surface area contributed by atoms with Crippen LogP contribution in [0.25, 0.3) is 0 Å². The zero-order valence-corrected chi connectivity index (χ0v) is 12.2. The third-order valence-corrected chi connectivity index (χ3v) is 3.36. The van der Waals surface area contributed by atoms with Gasteiger partial charge in [-0.05, 0) is 50.2 Å². The fraction of sp³-hybridized carbons (Fsp3) is 0.429. The molecule has 1 aliphatic rings. The van der Waals surface area contributed by atoms with Crippen LogP contribution in [0.4, 0.5) is 4.39 Å². The highest BCUT2D eigenvalue weighted by atomic mass is 35.5. The van der Waals surface area contributed by atoms with Crippen LogP contribution in [0.1, 0.15) is 30.5 Å². The van der Waals surface area contributed by atoms with Crippen LogP contribution in [0.3, 0.4) is 0 Å². The summed E-state index contributed by atoms with van der Waals surface area (Å²) in [4.78, 5) is 4.36. The molecule has 1 N–H and O–H groups in total. The number of hydrogen-bond donors (Lipinski definition) is 1. The van der Waals surface area contributed by atoms with Crippen LogP contribution >= 0.6 is 12.4 Å². The average Bonchev–Trinajstić information content (AvgIpc) is 2.97. The second-order valence-corrected chi connectivity index (χ2v) is 4.81. The fourth-order valence-corrected chi connectivity index (χ4v) is 2.25. The minimum Gasteiger partial charge on any atom is -0.484 e. The molecule has 114 valence electrons. The van der Waals surface area contributed by atoms with Gasteiger partial charge < -0.3 is 14.6 Å². The molecule has 1 saturated heterocycles. The Morgan fingerprint density at radius 3 is 2.67 bits per heavy atom. The van der Waals surface area contributed by atoms with Crippen LogP contribution in [0.2, 0.25) is 0 Å². The van der Waals surface area contributed by atoms with Gasteiger partial charge in [0.25, 0.3) is 5.89 Å². The summed E-state index contributed by atoms with van der Waals surface area (Å²) in [6.07, 6.45) is 2.05. The van der Waals surface area contributed by atoms with Crippen molar-refractivity contribution in [2.24, 2.45) is 0 Å². The van der Waals surface area contributed by atoms with Crippen LogP contribution in [0, 0.1) is 5.82 Å². The van der Waals surface area contributed by atoms with Gasteiger partial charge in [-0.3, -0.25) is 0 Å². The summed E-state index contributed by atoms with van der Waals surface area (Å²) >= 11 is 0. The van der Waals surface area contributed by atoms with Crippen LogP contribution in [-0.4, -0.2) is 23.2 Å². The standard InChI is InChI=1S/C14H16FN3O2.ClH/c15-11-1-3-12(4-2-11)19-9-13-17-14(18-20-13)10-5-7-16-8-6-10;/h1-4,10,16H,5-9H2;1H. The Morgan fingerprint density at radius 2 is 1.95 bits per heavy atom. The van der Waals surface area contributed by atoms with Crippen LogP contribution in [0.15, 0.2) is 28.8 Å². The first-order valence-electron chi connectivity index (χ1n) is 6.73. The topological polar surface area (TPSA) is 60.2 Å². The molecule has 0 amide bonds. The zero-order valence-electron chi connectivity index (χ0n) is 11.4. The first-order valence-corrected chi connectivity index (χ1v) is 6.73. The number of ether oxygens (including phenoxy) is 1. The van der Waals surface area contributed by atoms with E-state index in [4.69, 9.17) is 9.26 Å². The van der Waals surface area contributed by atoms with Gasteiger partial charge in [-0.25, -0.2) is 4.39 Å². The van der Waals surface area contributed by atoms with E-state index in [1.807, 2.05) is 0 Å². The van der Waals surface area contributed by atoms with Crippen LogP contribution in [-0.2, 0) is 6.61 Å². The summed E-state index contributed by atoms with van der Waals surface area (Å²) in [5.74, 6) is 1.85. The van der Waals surface area contributed by atoms with Gasteiger partial charge in [-0.2, -0.15) is 4.98 Å². The molecule has 2 heterocycles. The van der Waals surface area contributed by atoms with Gasteiger partial charge in [0, 0.05) is 5.92 Å². The Balaban J connectivity index is 0.00000161. The third kappa shape index (κ3) is 4.15. The summed E-state index contributed by atoms with van der Waals surface area (Å²) in [6, 6.07) is 5.84. The quantitative estimate of drug-likeness (QED) is 0.940. The molecule has 7 heteroatoms. The molecular weight excluding hydrogens is 297 g/mol. The largest absolute Gasteiger partial charge is 0.484 e. The van der Waals surface area contributed by atoms with E-state index in [0.717, 1.165) is 31.8 Å². The molecule has 0 unspecified atom stereocenters. The molecule has 1 aromatic heterocycles. The molecule has 2 aromatic rings. The molecule has 1 aromatic carbocycles. The van der Waals surface area contributed by atoms with Crippen molar-refractivity contribution in [3.8, 4) is 5.75 Å². The Hall–Kier alpha value is -1.66. The maximum absolute atomic E-state index is 12.8. The SMILES string of the molecule is Cl.Fc1ccc(OCc2nc(C3CCNCC3)no2)cc1. The number of piperidine rings is 1. The second kappa shape index (κ2) is 7.38. The lowest BCUT2D eigenvalue weighted by atomic mass is 9.98. The Morgan fingerprint density at radius 1 is 1.24 bits per heavy atom. The second-order valence-electron chi connectivity index (χ2n) is 4.81. The number of rotatable bonds is 4. The first-order chi connectivity index (χ1) is 9.81. The van der Waals surface area contributed by atoms with Crippen molar-refractivity contribution in [3.05, 3.63) is 41.8 Å². The molecule has 1 aliphatic heterocycles. The summed E-state index contributed by atoms with van der Waals surface area (Å²) < 4.78 is 23.4. The van der Waals surface area contributed by atoms with Crippen molar-refractivity contribution in [2.75, 3.05) is 13.1 Å². The van der Waals surface area contributed by atoms with Crippen molar-refractivity contribution in [2.45, 2.75) is 25.4 Å². The van der Waals surface area contributed by atoms with E-state index in [2.05, 4.69) is 15.5 Å². The summed E-state index contributed by atoms with van der Waals surface area (Å²) in [5.41, 5.74) is 0. The number of aromatic nitrogens is 2. The summed E-state index contributed by atoms with van der Waals surface area (Å²) in [6.45, 7) is 2.17. The molecule has 1 fully saturated rings. The van der Waals surface area contributed by atoms with Crippen molar-refractivity contribution < 1.29 is 13.7 Å². The van der Waals surface area contributed by atoms with E-state index in [0.29, 0.717) is 17.6 Å². The average molecular weight is 314 g/mol. The fourth-order valence-electron chi connectivity index (χ4n) is 2.25. The molecular formula is C14H17ClFN3O2. The molecule has 0 saturated carbocycles. The minimum atomic E-state index is -0.289. The maximum atomic E-state index is 12.8. The van der Waals surface area contributed by atoms with Crippen molar-refractivity contribution in [1.82, 2.24) is 15.5 Å². The van der Waals surface area contributed by atoms with E-state index in [9.17, 15) is 4.39 Å². The van der Waals surface area contributed by atoms with Gasteiger partial charge in [-0.15, -0.1) is 12.4 Å². The van der Waals surface area contributed by atoms with Gasteiger partial charge >= 0.3 is 0 Å². The van der Waals surface area contributed by atoms with Crippen LogP contribution in [0.5, 0.6) is 5.75 Å². The lowest BCUT2D eigenvalue weighted by Gasteiger charge is -2.18. The van der Waals surface area contributed by atoms with Crippen molar-refractivity contribution in [3.63, 3.8) is 0 Å². The highest BCUT2D eigenvalue weighted by Gasteiger charge is 2.20. The number of hydrogen-bond acceptors (Lipinski definition) is 5. The number of nitrogens with one attached hydrogen (secondary N) is 1. The molecule has 21 heavy (non-hydrogen) atoms. The van der Waals surface area contributed by atoms with Gasteiger partial charge in [0.1, 0.15) is 11.6 Å². The molecule has 0 atom stereocenters. The maximum Gasteiger partial charge on any atom is 0.264 e. The molecule has 0 radical (unpaired) electrons. The van der Waals surface area contributed by atoms with Crippen LogP contribution < -0.4 is 10.1 Å². The van der Waals surface area contributed by atoms with E-state index in [1.165, 1.54) is 12.1 Å². The summed E-state index contributed by atoms with van der Waals surface area (Å²) in [5, 5.41) is 7.31. The lowest BCUT2D eigenvalue weighted by Crippen LogP contribution is -2.27. The normalized spacial score (nSPS) is 15.5. The zero-order chi connectivity index (χ0) is 13.8. The van der Waals surface area contributed by atoms with E-state index in [-0.39, 0.29) is 24.8 Å². The highest BCUT2D eigenvalue weighted by molar-refractivity contribution is 5.85. The predicted octanol–water partition coefficient (Wildman–Crippen LogP) is 2.68. The Bertz CT molecular complexity index is 556. The smallest absolute Gasteiger partial charge is 0.264 e. The lowest BCUT2D eigenvalue weighted by molar-refractivity contribution is 0.242. The monoisotopic (exact) mass is 313 g/mol. The summed E-state index contributed by atoms with van der Waals surface area (Å²) in [7, 11) is 0. The number of nitrogens with zero attached hydrogens (tertiary/aromatic N) is 2. The van der Waals surface area contributed by atoms with Gasteiger partial charge in [0.2, 0.25) is 0 Å². The van der Waals surface area contributed by atoms with Gasteiger partial charge in [0.05, 0.1) is 0 Å². The Kier molecular flexibility index (Phi) is 5.52. The molecule has 5 nitrogen and oxygen atoms in total. The Labute approximate surface area is 128 Å². The predicted molar refractivity (Wildman–Crippen MR) is 77.1 cm³/mol. The highest BCUT2D eigenvalue weighted by Crippen LogP contribution is 2.22. The third-order valence-electron chi connectivity index (χ3n) is 3.36. The van der Waals surface area contributed by atoms with Gasteiger partial charge in [-0.1, -0.05) is 5.16 Å². The van der Waals surface area contributed by atoms with Crippen molar-refractivity contribution in [1.29, 1.82) is 0 Å². The molecule has 3 rings (SSSR count). The minimum absolute atomic E-state index is 0.